The Balaban J connectivity index is 2.11. The van der Waals surface area contributed by atoms with Gasteiger partial charge in [0.25, 0.3) is 0 Å². The molecule has 1 aromatic carbocycles. The zero-order chi connectivity index (χ0) is 13.0. The second kappa shape index (κ2) is 6.07. The molecule has 2 rings (SSSR count). The Labute approximate surface area is 113 Å². The Hall–Kier alpha value is -1.25. The van der Waals surface area contributed by atoms with Crippen molar-refractivity contribution >= 4 is 11.6 Å². The second-order valence-electron chi connectivity index (χ2n) is 4.39. The van der Waals surface area contributed by atoms with E-state index in [-0.39, 0.29) is 12.1 Å². The molecule has 0 spiro atoms. The third kappa shape index (κ3) is 2.95. The van der Waals surface area contributed by atoms with E-state index >= 15 is 0 Å². The van der Waals surface area contributed by atoms with Crippen LogP contribution in [0.15, 0.2) is 47.1 Å². The molecule has 96 valence electrons. The van der Waals surface area contributed by atoms with Gasteiger partial charge in [-0.05, 0) is 37.1 Å². The molecule has 1 aromatic heterocycles. The monoisotopic (exact) mass is 263 g/mol. The maximum atomic E-state index is 6.21. The summed E-state index contributed by atoms with van der Waals surface area (Å²) in [6.45, 7) is 4.26. The largest absolute Gasteiger partial charge is 0.468 e. The highest BCUT2D eigenvalue weighted by Crippen LogP contribution is 2.26. The molecule has 2 nitrogen and oxygen atoms in total. The van der Waals surface area contributed by atoms with E-state index < -0.39 is 0 Å². The predicted octanol–water partition coefficient (Wildman–Crippen LogP) is 4.73. The maximum absolute atomic E-state index is 6.21. The Morgan fingerprint density at radius 1 is 1.22 bits per heavy atom. The van der Waals surface area contributed by atoms with Crippen LogP contribution in [-0.2, 0) is 0 Å². The first-order chi connectivity index (χ1) is 8.72. The number of hydrogen-bond donors (Lipinski definition) is 1. The normalized spacial score (nSPS) is 14.4. The first-order valence-electron chi connectivity index (χ1n) is 6.26. The summed E-state index contributed by atoms with van der Waals surface area (Å²) in [6.07, 6.45) is 2.68. The molecule has 1 heterocycles. The molecule has 1 unspecified atom stereocenters. The highest BCUT2D eigenvalue weighted by Gasteiger charge is 2.17. The fraction of sp³-hybridized carbons (Fsp3) is 0.333. The van der Waals surface area contributed by atoms with Gasteiger partial charge in [0.05, 0.1) is 12.3 Å². The summed E-state index contributed by atoms with van der Waals surface area (Å²) < 4.78 is 5.46. The first-order valence-corrected chi connectivity index (χ1v) is 6.64. The van der Waals surface area contributed by atoms with Crippen molar-refractivity contribution in [3.05, 3.63) is 59.0 Å². The van der Waals surface area contributed by atoms with E-state index in [9.17, 15) is 0 Å². The zero-order valence-corrected chi connectivity index (χ0v) is 11.4. The molecular formula is C15H18ClNO. The SMILES string of the molecule is CCC(N[C@H](C)c1ccccc1Cl)c1ccco1. The molecular weight excluding hydrogens is 246 g/mol. The fourth-order valence-corrected chi connectivity index (χ4v) is 2.41. The number of furan rings is 1. The third-order valence-corrected chi connectivity index (χ3v) is 3.46. The van der Waals surface area contributed by atoms with Crippen molar-refractivity contribution in [2.24, 2.45) is 0 Å². The molecule has 18 heavy (non-hydrogen) atoms. The lowest BCUT2D eigenvalue weighted by atomic mass is 10.1. The number of nitrogens with one attached hydrogen (secondary N) is 1. The van der Waals surface area contributed by atoms with Gasteiger partial charge in [0.15, 0.2) is 0 Å². The van der Waals surface area contributed by atoms with Crippen molar-refractivity contribution in [1.82, 2.24) is 5.32 Å². The molecule has 0 amide bonds. The van der Waals surface area contributed by atoms with Crippen LogP contribution in [0, 0.1) is 0 Å². The van der Waals surface area contributed by atoms with E-state index in [1.165, 1.54) is 0 Å². The molecule has 0 bridgehead atoms. The minimum absolute atomic E-state index is 0.189. The highest BCUT2D eigenvalue weighted by atomic mass is 35.5. The van der Waals surface area contributed by atoms with Gasteiger partial charge in [-0.2, -0.15) is 0 Å². The molecule has 0 saturated carbocycles. The van der Waals surface area contributed by atoms with Crippen LogP contribution in [0.1, 0.15) is 43.7 Å². The van der Waals surface area contributed by atoms with Gasteiger partial charge < -0.3 is 9.73 Å². The van der Waals surface area contributed by atoms with Gasteiger partial charge >= 0.3 is 0 Å². The Kier molecular flexibility index (Phi) is 4.45. The molecule has 0 aliphatic carbocycles. The second-order valence-corrected chi connectivity index (χ2v) is 4.79. The Bertz CT molecular complexity index is 481. The van der Waals surface area contributed by atoms with Gasteiger partial charge in [-0.25, -0.2) is 0 Å². The third-order valence-electron chi connectivity index (χ3n) is 3.12. The molecule has 0 radical (unpaired) electrons. The van der Waals surface area contributed by atoms with Crippen molar-refractivity contribution in [3.8, 4) is 0 Å². The van der Waals surface area contributed by atoms with Gasteiger partial charge in [-0.3, -0.25) is 0 Å². The van der Waals surface area contributed by atoms with Crippen molar-refractivity contribution in [1.29, 1.82) is 0 Å². The topological polar surface area (TPSA) is 25.2 Å². The van der Waals surface area contributed by atoms with Gasteiger partial charge in [-0.1, -0.05) is 36.7 Å². The number of benzene rings is 1. The average Bonchev–Trinajstić information content (AvgIpc) is 2.90. The lowest BCUT2D eigenvalue weighted by Crippen LogP contribution is -2.24. The number of halogens is 1. The standard InChI is InChI=1S/C15H18ClNO/c1-3-14(15-9-6-10-18-15)17-11(2)12-7-4-5-8-13(12)16/h4-11,14,17H,3H2,1-2H3/t11-,14?/m1/s1. The molecule has 1 N–H and O–H groups in total. The molecule has 2 aromatic rings. The van der Waals surface area contributed by atoms with Gasteiger partial charge in [0.2, 0.25) is 0 Å². The smallest absolute Gasteiger partial charge is 0.120 e. The van der Waals surface area contributed by atoms with Crippen LogP contribution in [0.2, 0.25) is 5.02 Å². The predicted molar refractivity (Wildman–Crippen MR) is 74.7 cm³/mol. The fourth-order valence-electron chi connectivity index (χ4n) is 2.11. The van der Waals surface area contributed by atoms with Crippen LogP contribution in [0.4, 0.5) is 0 Å². The molecule has 2 atom stereocenters. The van der Waals surface area contributed by atoms with Crippen LogP contribution < -0.4 is 5.32 Å². The van der Waals surface area contributed by atoms with Crippen molar-refractivity contribution in [2.75, 3.05) is 0 Å². The van der Waals surface area contributed by atoms with Crippen LogP contribution in [-0.4, -0.2) is 0 Å². The van der Waals surface area contributed by atoms with Crippen LogP contribution >= 0.6 is 11.6 Å². The van der Waals surface area contributed by atoms with Crippen molar-refractivity contribution in [2.45, 2.75) is 32.4 Å². The maximum Gasteiger partial charge on any atom is 0.120 e. The highest BCUT2D eigenvalue weighted by molar-refractivity contribution is 6.31. The molecule has 0 saturated heterocycles. The number of hydrogen-bond acceptors (Lipinski definition) is 2. The van der Waals surface area contributed by atoms with E-state index in [1.54, 1.807) is 6.26 Å². The van der Waals surface area contributed by atoms with E-state index in [0.29, 0.717) is 0 Å². The summed E-state index contributed by atoms with van der Waals surface area (Å²) in [5.41, 5.74) is 1.11. The van der Waals surface area contributed by atoms with E-state index in [2.05, 4.69) is 25.2 Å². The summed E-state index contributed by atoms with van der Waals surface area (Å²) >= 11 is 6.21. The average molecular weight is 264 g/mol. The quantitative estimate of drug-likeness (QED) is 0.843. The van der Waals surface area contributed by atoms with Gasteiger partial charge in [0, 0.05) is 11.1 Å². The lowest BCUT2D eigenvalue weighted by Gasteiger charge is -2.21. The molecule has 0 aliphatic heterocycles. The van der Waals surface area contributed by atoms with Crippen LogP contribution in [0.3, 0.4) is 0 Å². The Morgan fingerprint density at radius 3 is 2.61 bits per heavy atom. The van der Waals surface area contributed by atoms with E-state index in [4.69, 9.17) is 16.0 Å². The summed E-state index contributed by atoms with van der Waals surface area (Å²) in [6, 6.07) is 12.2. The van der Waals surface area contributed by atoms with Crippen LogP contribution in [0.25, 0.3) is 0 Å². The first kappa shape index (κ1) is 13.2. The lowest BCUT2D eigenvalue weighted by molar-refractivity contribution is 0.376. The minimum Gasteiger partial charge on any atom is -0.468 e. The van der Waals surface area contributed by atoms with Gasteiger partial charge in [0.1, 0.15) is 5.76 Å². The van der Waals surface area contributed by atoms with Gasteiger partial charge in [-0.15, -0.1) is 0 Å². The molecule has 3 heteroatoms. The van der Waals surface area contributed by atoms with Crippen LogP contribution in [0.5, 0.6) is 0 Å². The summed E-state index contributed by atoms with van der Waals surface area (Å²) in [4.78, 5) is 0. The van der Waals surface area contributed by atoms with E-state index in [1.807, 2.05) is 30.3 Å². The summed E-state index contributed by atoms with van der Waals surface area (Å²) in [7, 11) is 0. The van der Waals surface area contributed by atoms with Crippen molar-refractivity contribution in [3.63, 3.8) is 0 Å². The Morgan fingerprint density at radius 2 is 2.00 bits per heavy atom. The van der Waals surface area contributed by atoms with Crippen molar-refractivity contribution < 1.29 is 4.42 Å². The molecule has 0 aliphatic rings. The zero-order valence-electron chi connectivity index (χ0n) is 10.7. The number of rotatable bonds is 5. The summed E-state index contributed by atoms with van der Waals surface area (Å²) in [5, 5.41) is 4.35. The van der Waals surface area contributed by atoms with E-state index in [0.717, 1.165) is 22.8 Å². The molecule has 0 fully saturated rings. The minimum atomic E-state index is 0.189. The summed E-state index contributed by atoms with van der Waals surface area (Å²) in [5.74, 6) is 0.969.